The van der Waals surface area contributed by atoms with Crippen molar-refractivity contribution in [3.05, 3.63) is 65.2 Å². The summed E-state index contributed by atoms with van der Waals surface area (Å²) in [6.45, 7) is 3.97. The number of amides is 3. The maximum Gasteiger partial charge on any atom is 0.280 e. The third-order valence-corrected chi connectivity index (χ3v) is 4.46. The summed E-state index contributed by atoms with van der Waals surface area (Å²) < 4.78 is 5.43. The van der Waals surface area contributed by atoms with Gasteiger partial charge in [0.15, 0.2) is 6.61 Å². The predicted octanol–water partition coefficient (Wildman–Crippen LogP) is 2.91. The summed E-state index contributed by atoms with van der Waals surface area (Å²) in [6, 6.07) is 14.0. The van der Waals surface area contributed by atoms with Crippen LogP contribution in [0.3, 0.4) is 0 Å². The number of carbonyl (C=O) groups is 3. The van der Waals surface area contributed by atoms with Gasteiger partial charge < -0.3 is 4.74 Å². The van der Waals surface area contributed by atoms with Crippen LogP contribution in [0.25, 0.3) is 0 Å². The van der Waals surface area contributed by atoms with E-state index < -0.39 is 17.7 Å². The Bertz CT molecular complexity index is 810. The zero-order valence-electron chi connectivity index (χ0n) is 14.7. The fraction of sp³-hybridized carbons (Fsp3) is 0.250. The molecule has 1 heterocycles. The van der Waals surface area contributed by atoms with Crippen LogP contribution in [0.5, 0.6) is 5.75 Å². The Kier molecular flexibility index (Phi) is 5.02. The number of hydrogen-bond donors (Lipinski definition) is 1. The molecule has 0 saturated carbocycles. The first-order chi connectivity index (χ1) is 12.5. The van der Waals surface area contributed by atoms with E-state index in [0.29, 0.717) is 11.7 Å². The van der Waals surface area contributed by atoms with Gasteiger partial charge in [0.25, 0.3) is 17.7 Å². The number of benzene rings is 2. The van der Waals surface area contributed by atoms with Crippen LogP contribution in [0.1, 0.15) is 52.5 Å². The van der Waals surface area contributed by atoms with Gasteiger partial charge in [0.05, 0.1) is 11.1 Å². The molecule has 0 saturated heterocycles. The number of fused-ring (bicyclic) bond motifs is 1. The molecule has 0 aliphatic carbocycles. The molecule has 1 aliphatic heterocycles. The van der Waals surface area contributed by atoms with Gasteiger partial charge in [0.2, 0.25) is 0 Å². The highest BCUT2D eigenvalue weighted by molar-refractivity contribution is 6.21. The molecule has 134 valence electrons. The van der Waals surface area contributed by atoms with Crippen molar-refractivity contribution in [3.8, 4) is 5.75 Å². The Morgan fingerprint density at radius 3 is 2.15 bits per heavy atom. The number of carbonyl (C=O) groups excluding carboxylic acids is 3. The first-order valence-corrected chi connectivity index (χ1v) is 8.51. The molecular formula is C20H20N2O4. The van der Waals surface area contributed by atoms with E-state index in [0.717, 1.165) is 11.4 Å². The van der Waals surface area contributed by atoms with Crippen molar-refractivity contribution in [1.82, 2.24) is 10.4 Å². The van der Waals surface area contributed by atoms with Crippen LogP contribution in [-0.4, -0.2) is 29.3 Å². The summed E-state index contributed by atoms with van der Waals surface area (Å²) in [5, 5.41) is 0.725. The van der Waals surface area contributed by atoms with Crippen LogP contribution in [0.15, 0.2) is 48.5 Å². The number of nitrogens with zero attached hydrogens (tertiary/aromatic N) is 1. The Morgan fingerprint density at radius 2 is 1.62 bits per heavy atom. The van der Waals surface area contributed by atoms with Crippen LogP contribution in [0.2, 0.25) is 0 Å². The van der Waals surface area contributed by atoms with Crippen molar-refractivity contribution in [2.45, 2.75) is 26.2 Å². The van der Waals surface area contributed by atoms with Gasteiger partial charge in [-0.05, 0) is 42.2 Å². The maximum absolute atomic E-state index is 12.2. The predicted molar refractivity (Wildman–Crippen MR) is 95.7 cm³/mol. The van der Waals surface area contributed by atoms with Crippen molar-refractivity contribution >= 4 is 17.7 Å². The minimum absolute atomic E-state index is 0.277. The highest BCUT2D eigenvalue weighted by atomic mass is 16.5. The quantitative estimate of drug-likeness (QED) is 0.811. The zero-order chi connectivity index (χ0) is 18.7. The Hall–Kier alpha value is -3.15. The minimum atomic E-state index is -0.578. The summed E-state index contributed by atoms with van der Waals surface area (Å²) in [7, 11) is 0. The Balaban J connectivity index is 1.57. The number of hydrogen-bond acceptors (Lipinski definition) is 4. The van der Waals surface area contributed by atoms with Gasteiger partial charge in [-0.15, -0.1) is 0 Å². The molecule has 0 radical (unpaired) electrons. The average molecular weight is 352 g/mol. The van der Waals surface area contributed by atoms with E-state index >= 15 is 0 Å². The molecule has 0 fully saturated rings. The molecule has 1 aliphatic rings. The van der Waals surface area contributed by atoms with Gasteiger partial charge in [-0.1, -0.05) is 38.1 Å². The lowest BCUT2D eigenvalue weighted by Crippen LogP contribution is -2.47. The van der Waals surface area contributed by atoms with Crippen molar-refractivity contribution in [2.75, 3.05) is 6.61 Å². The second kappa shape index (κ2) is 7.39. The molecule has 0 unspecified atom stereocenters. The van der Waals surface area contributed by atoms with E-state index in [2.05, 4.69) is 19.3 Å². The SMILES string of the molecule is CC[C@H](C)c1ccc(OCC(=O)NN2C(=O)c3ccccc3C2=O)cc1. The minimum Gasteiger partial charge on any atom is -0.484 e. The smallest absolute Gasteiger partial charge is 0.280 e. The fourth-order valence-corrected chi connectivity index (χ4v) is 2.72. The van der Waals surface area contributed by atoms with E-state index in [-0.39, 0.29) is 17.7 Å². The number of ether oxygens (including phenoxy) is 1. The molecule has 26 heavy (non-hydrogen) atoms. The second-order valence-electron chi connectivity index (χ2n) is 6.19. The summed E-state index contributed by atoms with van der Waals surface area (Å²) >= 11 is 0. The van der Waals surface area contributed by atoms with E-state index in [9.17, 15) is 14.4 Å². The van der Waals surface area contributed by atoms with Gasteiger partial charge in [-0.3, -0.25) is 19.8 Å². The topological polar surface area (TPSA) is 75.7 Å². The third-order valence-electron chi connectivity index (χ3n) is 4.46. The zero-order valence-corrected chi connectivity index (χ0v) is 14.7. The van der Waals surface area contributed by atoms with Gasteiger partial charge >= 0.3 is 0 Å². The standard InChI is InChI=1S/C20H20N2O4/c1-3-13(2)14-8-10-15(11-9-14)26-12-18(23)21-22-19(24)16-6-4-5-7-17(16)20(22)25/h4-11,13H,3,12H2,1-2H3,(H,21,23)/t13-/m0/s1. The van der Waals surface area contributed by atoms with Crippen LogP contribution >= 0.6 is 0 Å². The number of imide groups is 1. The molecule has 3 rings (SSSR count). The highest BCUT2D eigenvalue weighted by Gasteiger charge is 2.36. The molecule has 0 aromatic heterocycles. The fourth-order valence-electron chi connectivity index (χ4n) is 2.72. The maximum atomic E-state index is 12.2. The normalized spacial score (nSPS) is 14.2. The van der Waals surface area contributed by atoms with Gasteiger partial charge in [0, 0.05) is 0 Å². The molecule has 6 heteroatoms. The van der Waals surface area contributed by atoms with Crippen molar-refractivity contribution in [2.24, 2.45) is 0 Å². The lowest BCUT2D eigenvalue weighted by atomic mass is 9.99. The molecule has 1 N–H and O–H groups in total. The Morgan fingerprint density at radius 1 is 1.04 bits per heavy atom. The van der Waals surface area contributed by atoms with E-state index in [1.165, 1.54) is 5.56 Å². The summed E-state index contributed by atoms with van der Waals surface area (Å²) in [6.07, 6.45) is 1.04. The van der Waals surface area contributed by atoms with Crippen LogP contribution < -0.4 is 10.2 Å². The van der Waals surface area contributed by atoms with Crippen LogP contribution in [0, 0.1) is 0 Å². The van der Waals surface area contributed by atoms with E-state index in [4.69, 9.17) is 4.74 Å². The van der Waals surface area contributed by atoms with Crippen LogP contribution in [-0.2, 0) is 4.79 Å². The molecule has 1 atom stereocenters. The second-order valence-corrected chi connectivity index (χ2v) is 6.19. The highest BCUT2D eigenvalue weighted by Crippen LogP contribution is 2.22. The monoisotopic (exact) mass is 352 g/mol. The molecule has 0 bridgehead atoms. The Labute approximate surface area is 151 Å². The van der Waals surface area contributed by atoms with Gasteiger partial charge in [-0.25, -0.2) is 0 Å². The molecule has 2 aromatic rings. The number of rotatable bonds is 6. The molecule has 6 nitrogen and oxygen atoms in total. The number of hydrazine groups is 1. The first kappa shape index (κ1) is 17.7. The van der Waals surface area contributed by atoms with Crippen molar-refractivity contribution in [3.63, 3.8) is 0 Å². The lowest BCUT2D eigenvalue weighted by Gasteiger charge is -2.15. The van der Waals surface area contributed by atoms with Crippen LogP contribution in [0.4, 0.5) is 0 Å². The summed E-state index contributed by atoms with van der Waals surface area (Å²) in [5.74, 6) is -0.657. The van der Waals surface area contributed by atoms with Crippen molar-refractivity contribution < 1.29 is 19.1 Å². The van der Waals surface area contributed by atoms with E-state index in [1.807, 2.05) is 12.1 Å². The molecule has 3 amide bonds. The van der Waals surface area contributed by atoms with Crippen molar-refractivity contribution in [1.29, 1.82) is 0 Å². The van der Waals surface area contributed by atoms with Gasteiger partial charge in [-0.2, -0.15) is 5.01 Å². The third kappa shape index (κ3) is 3.44. The summed E-state index contributed by atoms with van der Waals surface area (Å²) in [5.41, 5.74) is 4.06. The molecule has 0 spiro atoms. The lowest BCUT2D eigenvalue weighted by molar-refractivity contribution is -0.126. The average Bonchev–Trinajstić information content (AvgIpc) is 2.91. The number of nitrogens with one attached hydrogen (secondary N) is 1. The van der Waals surface area contributed by atoms with Gasteiger partial charge in [0.1, 0.15) is 5.75 Å². The molecular weight excluding hydrogens is 332 g/mol. The first-order valence-electron chi connectivity index (χ1n) is 8.51. The summed E-state index contributed by atoms with van der Waals surface area (Å²) in [4.78, 5) is 36.4. The van der Waals surface area contributed by atoms with E-state index in [1.54, 1.807) is 36.4 Å². The molecule has 2 aromatic carbocycles. The largest absolute Gasteiger partial charge is 0.484 e.